The number of benzene rings is 2. The van der Waals surface area contributed by atoms with Crippen LogP contribution in [0.25, 0.3) is 27.9 Å². The van der Waals surface area contributed by atoms with E-state index in [4.69, 9.17) is 0 Å². The molecular formula is C30H25F3N6O2. The van der Waals surface area contributed by atoms with Crippen LogP contribution in [0.3, 0.4) is 0 Å². The highest BCUT2D eigenvalue weighted by Gasteiger charge is 2.32. The molecule has 1 aliphatic heterocycles. The summed E-state index contributed by atoms with van der Waals surface area (Å²) in [6, 6.07) is 17.2. The van der Waals surface area contributed by atoms with Gasteiger partial charge in [0.25, 0.3) is 5.91 Å². The van der Waals surface area contributed by atoms with Crippen LogP contribution in [-0.4, -0.2) is 48.3 Å². The molecule has 1 saturated heterocycles. The lowest BCUT2D eigenvalue weighted by atomic mass is 9.95. The number of fused-ring (bicyclic) bond motifs is 1. The van der Waals surface area contributed by atoms with Crippen LogP contribution in [0, 0.1) is 6.92 Å². The van der Waals surface area contributed by atoms with Crippen molar-refractivity contribution in [2.75, 3.05) is 13.1 Å². The van der Waals surface area contributed by atoms with Crippen molar-refractivity contribution in [2.45, 2.75) is 32.5 Å². The fourth-order valence-electron chi connectivity index (χ4n) is 5.07. The number of aromatic nitrogens is 5. The minimum atomic E-state index is -4.56. The number of hydrogen-bond acceptors (Lipinski definition) is 5. The smallest absolute Gasteiger partial charge is 0.339 e. The normalized spacial score (nSPS) is 13.7. The quantitative estimate of drug-likeness (QED) is 0.295. The maximum atomic E-state index is 13.3. The van der Waals surface area contributed by atoms with Gasteiger partial charge < -0.3 is 4.90 Å². The third-order valence-corrected chi connectivity index (χ3v) is 7.21. The molecule has 1 aliphatic rings. The number of carbonyl (C=O) groups excluding carboxylic acids is 1. The molecule has 8 nitrogen and oxygen atoms in total. The summed E-state index contributed by atoms with van der Waals surface area (Å²) in [6.45, 7) is 3.32. The first-order valence-electron chi connectivity index (χ1n) is 13.2. The first kappa shape index (κ1) is 26.4. The Kier molecular flexibility index (Phi) is 6.64. The van der Waals surface area contributed by atoms with Gasteiger partial charge in [-0.3, -0.25) is 9.78 Å². The molecule has 5 aromatic rings. The van der Waals surface area contributed by atoms with Gasteiger partial charge in [-0.05, 0) is 54.7 Å². The van der Waals surface area contributed by atoms with Crippen LogP contribution in [-0.2, 0) is 12.7 Å². The second-order valence-electron chi connectivity index (χ2n) is 10.1. The molecule has 0 unspecified atom stereocenters. The van der Waals surface area contributed by atoms with E-state index in [1.54, 1.807) is 24.4 Å². The molecule has 1 amide bonds. The zero-order chi connectivity index (χ0) is 28.7. The first-order valence-corrected chi connectivity index (χ1v) is 13.2. The molecule has 2 aromatic carbocycles. The van der Waals surface area contributed by atoms with Gasteiger partial charge in [0, 0.05) is 36.0 Å². The topological polar surface area (TPSA) is 85.4 Å². The molecule has 1 fully saturated rings. The molecular weight excluding hydrogens is 533 g/mol. The zero-order valence-electron chi connectivity index (χ0n) is 22.1. The average Bonchev–Trinajstić information content (AvgIpc) is 3.61. The Morgan fingerprint density at radius 2 is 1.71 bits per heavy atom. The van der Waals surface area contributed by atoms with E-state index >= 15 is 0 Å². The molecule has 4 heterocycles. The lowest BCUT2D eigenvalue weighted by Gasteiger charge is -2.16. The van der Waals surface area contributed by atoms with Crippen molar-refractivity contribution in [3.8, 4) is 22.3 Å². The second kappa shape index (κ2) is 10.3. The SMILES string of the molecule is Cc1ccc(-c2cnn3c(=O)n(Cc4ccc(C(F)(F)F)nc4)nc3c2-c2cccc(C(=O)N3CCCC3)c2)cc1. The van der Waals surface area contributed by atoms with Gasteiger partial charge in [-0.1, -0.05) is 48.0 Å². The van der Waals surface area contributed by atoms with E-state index < -0.39 is 17.6 Å². The van der Waals surface area contributed by atoms with Gasteiger partial charge in [-0.25, -0.2) is 9.48 Å². The van der Waals surface area contributed by atoms with Gasteiger partial charge in [0.15, 0.2) is 5.65 Å². The molecule has 0 N–H and O–H groups in total. The highest BCUT2D eigenvalue weighted by atomic mass is 19.4. The molecule has 0 aliphatic carbocycles. The molecule has 208 valence electrons. The molecule has 6 rings (SSSR count). The van der Waals surface area contributed by atoms with Crippen molar-refractivity contribution < 1.29 is 18.0 Å². The molecule has 0 bridgehead atoms. The Labute approximate surface area is 232 Å². The van der Waals surface area contributed by atoms with Crippen LogP contribution >= 0.6 is 0 Å². The molecule has 41 heavy (non-hydrogen) atoms. The lowest BCUT2D eigenvalue weighted by Crippen LogP contribution is -2.27. The monoisotopic (exact) mass is 558 g/mol. The number of nitrogens with zero attached hydrogens (tertiary/aromatic N) is 6. The van der Waals surface area contributed by atoms with Gasteiger partial charge in [0.1, 0.15) is 5.69 Å². The van der Waals surface area contributed by atoms with Gasteiger partial charge >= 0.3 is 11.9 Å². The summed E-state index contributed by atoms with van der Waals surface area (Å²) in [7, 11) is 0. The highest BCUT2D eigenvalue weighted by Crippen LogP contribution is 2.35. The van der Waals surface area contributed by atoms with Crippen molar-refractivity contribution in [3.63, 3.8) is 0 Å². The van der Waals surface area contributed by atoms with Crippen LogP contribution in [0.5, 0.6) is 0 Å². The van der Waals surface area contributed by atoms with E-state index in [1.165, 1.54) is 10.6 Å². The van der Waals surface area contributed by atoms with E-state index in [2.05, 4.69) is 15.2 Å². The number of carbonyl (C=O) groups is 1. The number of halogens is 3. The zero-order valence-corrected chi connectivity index (χ0v) is 22.1. The Morgan fingerprint density at radius 3 is 2.39 bits per heavy atom. The summed E-state index contributed by atoms with van der Waals surface area (Å²) in [4.78, 5) is 31.8. The van der Waals surface area contributed by atoms with Crippen LogP contribution in [0.1, 0.15) is 40.0 Å². The number of likely N-dealkylation sites (tertiary alicyclic amines) is 1. The maximum Gasteiger partial charge on any atom is 0.433 e. The maximum absolute atomic E-state index is 13.3. The summed E-state index contributed by atoms with van der Waals surface area (Å²) < 4.78 is 41.2. The fraction of sp³-hybridized carbons (Fsp3) is 0.233. The Bertz CT molecular complexity index is 1800. The van der Waals surface area contributed by atoms with E-state index in [-0.39, 0.29) is 18.1 Å². The fourth-order valence-corrected chi connectivity index (χ4v) is 5.07. The molecule has 0 saturated carbocycles. The van der Waals surface area contributed by atoms with Crippen molar-refractivity contribution in [2.24, 2.45) is 0 Å². The summed E-state index contributed by atoms with van der Waals surface area (Å²) in [5, 5.41) is 8.95. The van der Waals surface area contributed by atoms with Gasteiger partial charge in [-0.15, -0.1) is 5.10 Å². The van der Waals surface area contributed by atoms with Crippen molar-refractivity contribution >= 4 is 11.6 Å². The minimum Gasteiger partial charge on any atom is -0.339 e. The number of hydrogen-bond donors (Lipinski definition) is 0. The number of pyridine rings is 1. The number of aryl methyl sites for hydroxylation is 1. The number of alkyl halides is 3. The third kappa shape index (κ3) is 5.10. The molecule has 11 heteroatoms. The second-order valence-corrected chi connectivity index (χ2v) is 10.1. The predicted octanol–water partition coefficient (Wildman–Crippen LogP) is 5.23. The Hall–Kier alpha value is -4.80. The van der Waals surface area contributed by atoms with Gasteiger partial charge in [0.2, 0.25) is 0 Å². The van der Waals surface area contributed by atoms with Crippen molar-refractivity contribution in [3.05, 3.63) is 106 Å². The minimum absolute atomic E-state index is 0.0518. The van der Waals surface area contributed by atoms with E-state index in [0.717, 1.165) is 59.6 Å². The van der Waals surface area contributed by atoms with Crippen LogP contribution < -0.4 is 5.69 Å². The van der Waals surface area contributed by atoms with Crippen molar-refractivity contribution in [1.82, 2.24) is 29.3 Å². The Morgan fingerprint density at radius 1 is 0.951 bits per heavy atom. The molecule has 0 atom stereocenters. The summed E-state index contributed by atoms with van der Waals surface area (Å²) in [5.74, 6) is -0.0518. The predicted molar refractivity (Wildman–Crippen MR) is 146 cm³/mol. The number of rotatable bonds is 5. The van der Waals surface area contributed by atoms with Crippen LogP contribution in [0.15, 0.2) is 77.9 Å². The van der Waals surface area contributed by atoms with Crippen LogP contribution in [0.2, 0.25) is 0 Å². The third-order valence-electron chi connectivity index (χ3n) is 7.21. The molecule has 0 radical (unpaired) electrons. The first-order chi connectivity index (χ1) is 19.7. The van der Waals surface area contributed by atoms with E-state index in [1.807, 2.05) is 42.2 Å². The van der Waals surface area contributed by atoms with Gasteiger partial charge in [0.05, 0.1) is 12.7 Å². The lowest BCUT2D eigenvalue weighted by molar-refractivity contribution is -0.141. The van der Waals surface area contributed by atoms with Crippen LogP contribution in [0.4, 0.5) is 13.2 Å². The largest absolute Gasteiger partial charge is 0.433 e. The summed E-state index contributed by atoms with van der Waals surface area (Å²) in [5.41, 5.74) is 3.55. The van der Waals surface area contributed by atoms with E-state index in [9.17, 15) is 22.8 Å². The molecule has 0 spiro atoms. The van der Waals surface area contributed by atoms with E-state index in [0.29, 0.717) is 22.3 Å². The van der Waals surface area contributed by atoms with Gasteiger partial charge in [-0.2, -0.15) is 22.8 Å². The molecule has 3 aromatic heterocycles. The summed E-state index contributed by atoms with van der Waals surface area (Å²) in [6.07, 6.45) is 0.0633. The summed E-state index contributed by atoms with van der Waals surface area (Å²) >= 11 is 0. The Balaban J connectivity index is 1.48. The van der Waals surface area contributed by atoms with Crippen molar-refractivity contribution in [1.29, 1.82) is 0 Å². The highest BCUT2D eigenvalue weighted by molar-refractivity contribution is 5.98. The standard InChI is InChI=1S/C30H25F3N6O2/c1-19-7-10-21(11-8-19)24-17-35-39-27(26(24)22-5-4-6-23(15-22)28(40)37-13-2-3-14-37)36-38(29(39)41)18-20-9-12-25(34-16-20)30(31,32)33/h4-12,15-17H,2-3,13-14,18H2,1H3. The average molecular weight is 559 g/mol. The number of amides is 1.